The van der Waals surface area contributed by atoms with Crippen molar-refractivity contribution in [2.24, 2.45) is 0 Å². The Kier molecular flexibility index (Phi) is 5.60. The van der Waals surface area contributed by atoms with Gasteiger partial charge in [-0.3, -0.25) is 14.2 Å². The topological polar surface area (TPSA) is 73.2 Å². The zero-order valence-electron chi connectivity index (χ0n) is 16.0. The molecule has 142 valence electrons. The van der Waals surface area contributed by atoms with E-state index >= 15 is 0 Å². The molecule has 0 fully saturated rings. The fourth-order valence-electron chi connectivity index (χ4n) is 2.96. The van der Waals surface area contributed by atoms with Crippen LogP contribution in [0.1, 0.15) is 40.6 Å². The van der Waals surface area contributed by atoms with E-state index in [1.807, 2.05) is 25.1 Å². The Bertz CT molecular complexity index is 1050. The number of unbranched alkanes of at least 4 members (excludes halogenated alkanes) is 1. The lowest BCUT2D eigenvalue weighted by Gasteiger charge is -2.10. The zero-order valence-corrected chi connectivity index (χ0v) is 16.8. The fraction of sp³-hybridized carbons (Fsp3) is 0.350. The van der Waals surface area contributed by atoms with Gasteiger partial charge in [-0.05, 0) is 43.5 Å². The summed E-state index contributed by atoms with van der Waals surface area (Å²) < 4.78 is 6.94. The van der Waals surface area contributed by atoms with Gasteiger partial charge in [0, 0.05) is 6.54 Å². The normalized spacial score (nSPS) is 11.0. The Morgan fingerprint density at radius 3 is 2.81 bits per heavy atom. The Hall–Kier alpha value is -2.67. The number of aromatic nitrogens is 2. The summed E-state index contributed by atoms with van der Waals surface area (Å²) in [5, 5.41) is 3.43. The molecule has 2 heterocycles. The van der Waals surface area contributed by atoms with E-state index in [2.05, 4.69) is 17.2 Å². The van der Waals surface area contributed by atoms with Crippen LogP contribution >= 0.6 is 11.3 Å². The van der Waals surface area contributed by atoms with Crippen LogP contribution in [0, 0.1) is 13.8 Å². The van der Waals surface area contributed by atoms with E-state index in [-0.39, 0.29) is 11.5 Å². The number of benzene rings is 1. The van der Waals surface area contributed by atoms with E-state index in [1.165, 1.54) is 11.3 Å². The van der Waals surface area contributed by atoms with Crippen LogP contribution in [0.5, 0.6) is 5.75 Å². The average Bonchev–Trinajstić information content (AvgIpc) is 2.99. The van der Waals surface area contributed by atoms with E-state index in [0.29, 0.717) is 38.6 Å². The van der Waals surface area contributed by atoms with Gasteiger partial charge < -0.3 is 10.1 Å². The number of fused-ring (bicyclic) bond motifs is 1. The van der Waals surface area contributed by atoms with Crippen molar-refractivity contribution in [2.75, 3.05) is 12.4 Å². The zero-order chi connectivity index (χ0) is 19.6. The lowest BCUT2D eigenvalue weighted by Crippen LogP contribution is -2.20. The van der Waals surface area contributed by atoms with Crippen molar-refractivity contribution in [3.05, 3.63) is 50.9 Å². The smallest absolute Gasteiger partial charge is 0.266 e. The Balaban J connectivity index is 1.98. The van der Waals surface area contributed by atoms with Crippen molar-refractivity contribution in [1.82, 2.24) is 9.55 Å². The number of nitrogens with one attached hydrogen (secondary N) is 1. The van der Waals surface area contributed by atoms with Crippen molar-refractivity contribution >= 4 is 33.1 Å². The number of carbonyl (C=O) groups excluding carboxylic acids is 1. The Morgan fingerprint density at radius 1 is 1.33 bits per heavy atom. The summed E-state index contributed by atoms with van der Waals surface area (Å²) in [5.41, 5.74) is 2.20. The standard InChI is InChI=1S/C20H23N3O3S/c1-5-6-9-23-11-21-19-16(20(23)25)13(3)17(27-19)18(24)22-14-10-12(2)7-8-15(14)26-4/h7-8,10-11H,5-6,9H2,1-4H3,(H,22,24). The van der Waals surface area contributed by atoms with E-state index < -0.39 is 0 Å². The number of anilines is 1. The minimum atomic E-state index is -0.265. The molecule has 1 amide bonds. The van der Waals surface area contributed by atoms with Gasteiger partial charge >= 0.3 is 0 Å². The molecule has 0 unspecified atom stereocenters. The average molecular weight is 385 g/mol. The fourth-order valence-corrected chi connectivity index (χ4v) is 4.00. The molecule has 0 radical (unpaired) electrons. The second kappa shape index (κ2) is 7.92. The number of thiophene rings is 1. The number of rotatable bonds is 6. The van der Waals surface area contributed by atoms with E-state index in [9.17, 15) is 9.59 Å². The summed E-state index contributed by atoms with van der Waals surface area (Å²) in [6.45, 7) is 6.46. The molecule has 0 saturated heterocycles. The largest absolute Gasteiger partial charge is 0.495 e. The molecule has 0 saturated carbocycles. The lowest BCUT2D eigenvalue weighted by molar-refractivity contribution is 0.102. The molecule has 3 aromatic rings. The minimum absolute atomic E-state index is 0.0885. The Labute approximate surface area is 161 Å². The van der Waals surface area contributed by atoms with Crippen molar-refractivity contribution in [2.45, 2.75) is 40.2 Å². The van der Waals surface area contributed by atoms with Gasteiger partial charge in [0.2, 0.25) is 0 Å². The highest BCUT2D eigenvalue weighted by Crippen LogP contribution is 2.30. The molecule has 3 rings (SSSR count). The van der Waals surface area contributed by atoms with Crippen LogP contribution in [0.3, 0.4) is 0 Å². The molecule has 0 aliphatic rings. The third-order valence-corrected chi connectivity index (χ3v) is 5.68. The van der Waals surface area contributed by atoms with Crippen molar-refractivity contribution < 1.29 is 9.53 Å². The van der Waals surface area contributed by atoms with Gasteiger partial charge in [0.15, 0.2) is 0 Å². The van der Waals surface area contributed by atoms with Gasteiger partial charge in [-0.2, -0.15) is 0 Å². The first-order valence-corrected chi connectivity index (χ1v) is 9.72. The predicted molar refractivity (Wildman–Crippen MR) is 109 cm³/mol. The first kappa shape index (κ1) is 19.1. The Morgan fingerprint density at radius 2 is 2.11 bits per heavy atom. The third kappa shape index (κ3) is 3.73. The monoisotopic (exact) mass is 385 g/mol. The molecule has 0 aliphatic carbocycles. The predicted octanol–water partition coefficient (Wildman–Crippen LogP) is 4.14. The van der Waals surface area contributed by atoms with Crippen molar-refractivity contribution in [3.8, 4) is 5.75 Å². The molecule has 0 bridgehead atoms. The van der Waals surface area contributed by atoms with Gasteiger partial charge in [0.05, 0.1) is 29.4 Å². The molecule has 27 heavy (non-hydrogen) atoms. The first-order valence-electron chi connectivity index (χ1n) is 8.90. The van der Waals surface area contributed by atoms with Crippen LogP contribution in [0.2, 0.25) is 0 Å². The number of methoxy groups -OCH3 is 1. The summed E-state index contributed by atoms with van der Waals surface area (Å²) in [7, 11) is 1.56. The maximum absolute atomic E-state index is 12.9. The summed E-state index contributed by atoms with van der Waals surface area (Å²) in [6, 6.07) is 5.59. The summed E-state index contributed by atoms with van der Waals surface area (Å²) >= 11 is 1.24. The lowest BCUT2D eigenvalue weighted by atomic mass is 10.2. The van der Waals surface area contributed by atoms with E-state index in [1.54, 1.807) is 24.9 Å². The van der Waals surface area contributed by atoms with Crippen molar-refractivity contribution in [1.29, 1.82) is 0 Å². The molecule has 2 aromatic heterocycles. The number of aryl methyl sites for hydroxylation is 3. The highest BCUT2D eigenvalue weighted by atomic mass is 32.1. The van der Waals surface area contributed by atoms with Crippen LogP contribution in [0.15, 0.2) is 29.3 Å². The highest BCUT2D eigenvalue weighted by Gasteiger charge is 2.20. The molecule has 0 atom stereocenters. The molecule has 0 spiro atoms. The molecule has 1 aromatic carbocycles. The number of amides is 1. The molecule has 1 N–H and O–H groups in total. The van der Waals surface area contributed by atoms with Crippen LogP contribution in [-0.4, -0.2) is 22.6 Å². The number of hydrogen-bond donors (Lipinski definition) is 1. The van der Waals surface area contributed by atoms with Gasteiger partial charge in [-0.25, -0.2) is 4.98 Å². The second-order valence-electron chi connectivity index (χ2n) is 6.49. The summed E-state index contributed by atoms with van der Waals surface area (Å²) in [5.74, 6) is 0.326. The highest BCUT2D eigenvalue weighted by molar-refractivity contribution is 7.20. The first-order chi connectivity index (χ1) is 13.0. The second-order valence-corrected chi connectivity index (χ2v) is 7.49. The molecular weight excluding hydrogens is 362 g/mol. The molecule has 6 nitrogen and oxygen atoms in total. The van der Waals surface area contributed by atoms with Gasteiger partial charge in [-0.1, -0.05) is 19.4 Å². The third-order valence-electron chi connectivity index (χ3n) is 4.48. The summed E-state index contributed by atoms with van der Waals surface area (Å²) in [4.78, 5) is 31.1. The number of ether oxygens (including phenoxy) is 1. The van der Waals surface area contributed by atoms with Gasteiger partial charge in [-0.15, -0.1) is 11.3 Å². The molecular formula is C20H23N3O3S. The van der Waals surface area contributed by atoms with Crippen LogP contribution in [0.25, 0.3) is 10.2 Å². The number of carbonyl (C=O) groups is 1. The van der Waals surface area contributed by atoms with Gasteiger partial charge in [0.1, 0.15) is 10.6 Å². The van der Waals surface area contributed by atoms with Crippen LogP contribution in [0.4, 0.5) is 5.69 Å². The van der Waals surface area contributed by atoms with Gasteiger partial charge in [0.25, 0.3) is 11.5 Å². The summed E-state index contributed by atoms with van der Waals surface area (Å²) in [6.07, 6.45) is 3.48. The molecule has 0 aliphatic heterocycles. The minimum Gasteiger partial charge on any atom is -0.495 e. The van der Waals surface area contributed by atoms with Crippen LogP contribution < -0.4 is 15.6 Å². The number of hydrogen-bond acceptors (Lipinski definition) is 5. The quantitative estimate of drug-likeness (QED) is 0.692. The van der Waals surface area contributed by atoms with Crippen molar-refractivity contribution in [3.63, 3.8) is 0 Å². The van der Waals surface area contributed by atoms with E-state index in [4.69, 9.17) is 4.74 Å². The SMILES string of the molecule is CCCCn1cnc2sc(C(=O)Nc3cc(C)ccc3OC)c(C)c2c1=O. The maximum atomic E-state index is 12.9. The van der Waals surface area contributed by atoms with Crippen LogP contribution in [-0.2, 0) is 6.54 Å². The maximum Gasteiger partial charge on any atom is 0.266 e. The molecule has 7 heteroatoms. The number of nitrogens with zero attached hydrogens (tertiary/aromatic N) is 2. The van der Waals surface area contributed by atoms with E-state index in [0.717, 1.165) is 18.4 Å².